The van der Waals surface area contributed by atoms with E-state index in [1.807, 2.05) is 25.1 Å². The predicted molar refractivity (Wildman–Crippen MR) is 131 cm³/mol. The van der Waals surface area contributed by atoms with E-state index in [9.17, 15) is 4.79 Å². The predicted octanol–water partition coefficient (Wildman–Crippen LogP) is 5.60. The van der Waals surface area contributed by atoms with E-state index in [1.165, 1.54) is 11.1 Å². The van der Waals surface area contributed by atoms with Crippen molar-refractivity contribution in [3.8, 4) is 0 Å². The van der Waals surface area contributed by atoms with Crippen molar-refractivity contribution in [3.63, 3.8) is 0 Å². The smallest absolute Gasteiger partial charge is 0.180 e. The fourth-order valence-corrected chi connectivity index (χ4v) is 5.93. The number of allylic oxidation sites excluding steroid dienone is 4. The Kier molecular flexibility index (Phi) is 7.07. The lowest BCUT2D eigenvalue weighted by Crippen LogP contribution is -2.53. The summed E-state index contributed by atoms with van der Waals surface area (Å²) in [5.74, 6) is 0.717. The van der Waals surface area contributed by atoms with Crippen LogP contribution in [-0.4, -0.2) is 39.5 Å². The third-order valence-corrected chi connectivity index (χ3v) is 7.07. The molecule has 4 nitrogen and oxygen atoms in total. The molecule has 0 saturated heterocycles. The molecule has 2 aliphatic rings. The van der Waals surface area contributed by atoms with Gasteiger partial charge in [0.25, 0.3) is 0 Å². The molecule has 31 heavy (non-hydrogen) atoms. The normalized spacial score (nSPS) is 26.9. The summed E-state index contributed by atoms with van der Waals surface area (Å²) in [5, 5.41) is 0. The van der Waals surface area contributed by atoms with Gasteiger partial charge in [0, 0.05) is 12.3 Å². The van der Waals surface area contributed by atoms with Crippen LogP contribution in [0.3, 0.4) is 0 Å². The van der Waals surface area contributed by atoms with Crippen LogP contribution in [-0.2, 0) is 14.0 Å². The van der Waals surface area contributed by atoms with Gasteiger partial charge in [-0.1, -0.05) is 69.3 Å². The molecule has 1 aromatic rings. The Labute approximate surface area is 189 Å². The van der Waals surface area contributed by atoms with Crippen molar-refractivity contribution in [1.29, 1.82) is 0 Å². The lowest BCUT2D eigenvalue weighted by atomic mass is 9.70. The van der Waals surface area contributed by atoms with Crippen LogP contribution in [0.25, 0.3) is 5.57 Å². The van der Waals surface area contributed by atoms with Crippen molar-refractivity contribution in [1.82, 2.24) is 0 Å². The molecule has 0 bridgehead atoms. The van der Waals surface area contributed by atoms with Gasteiger partial charge in [-0.25, -0.2) is 4.99 Å². The second-order valence-corrected chi connectivity index (χ2v) is 12.7. The number of hydrogen-bond acceptors (Lipinski definition) is 4. The highest BCUT2D eigenvalue weighted by molar-refractivity contribution is 6.48. The van der Waals surface area contributed by atoms with Crippen LogP contribution >= 0.6 is 0 Å². The number of ether oxygens (including phenoxy) is 1. The van der Waals surface area contributed by atoms with Crippen molar-refractivity contribution >= 4 is 26.8 Å². The average Bonchev–Trinajstić information content (AvgIpc) is 3.12. The van der Waals surface area contributed by atoms with Crippen LogP contribution in [0.2, 0.25) is 13.1 Å². The van der Waals surface area contributed by atoms with Gasteiger partial charge in [-0.05, 0) is 48.9 Å². The van der Waals surface area contributed by atoms with Gasteiger partial charge < -0.3 is 14.0 Å². The molecule has 1 aliphatic heterocycles. The highest BCUT2D eigenvalue weighted by atomic mass is 28.3. The van der Waals surface area contributed by atoms with Crippen molar-refractivity contribution in [2.24, 2.45) is 15.8 Å². The summed E-state index contributed by atoms with van der Waals surface area (Å²) < 4.78 is 12.4. The molecule has 0 amide bonds. The third kappa shape index (κ3) is 5.44. The van der Waals surface area contributed by atoms with E-state index in [-0.39, 0.29) is 11.5 Å². The maximum absolute atomic E-state index is 12.3. The second-order valence-electron chi connectivity index (χ2n) is 10.4. The molecular formula is C26H37NO3Si. The summed E-state index contributed by atoms with van der Waals surface area (Å²) in [6.45, 7) is 13.5. The van der Waals surface area contributed by atoms with Gasteiger partial charge in [0.05, 0.1) is 6.10 Å². The average molecular weight is 440 g/mol. The van der Waals surface area contributed by atoms with Gasteiger partial charge in [0.2, 0.25) is 0 Å². The topological polar surface area (TPSA) is 47.9 Å². The first kappa shape index (κ1) is 23.7. The minimum atomic E-state index is -1.29. The van der Waals surface area contributed by atoms with Crippen molar-refractivity contribution in [2.45, 2.75) is 71.7 Å². The van der Waals surface area contributed by atoms with E-state index in [1.54, 1.807) is 0 Å². The number of rotatable bonds is 8. The fraction of sp³-hybridized carbons (Fsp3) is 0.538. The molecule has 0 spiro atoms. The number of carbonyl (C=O) groups is 1. The maximum Gasteiger partial charge on any atom is 0.180 e. The summed E-state index contributed by atoms with van der Waals surface area (Å²) in [6.07, 6.45) is 9.63. The molecule has 1 aliphatic carbocycles. The Morgan fingerprint density at radius 1 is 1.23 bits per heavy atom. The first-order valence-electron chi connectivity index (χ1n) is 11.4. The summed E-state index contributed by atoms with van der Waals surface area (Å²) in [4.78, 5) is 17.3. The van der Waals surface area contributed by atoms with Gasteiger partial charge in [0.15, 0.2) is 14.9 Å². The zero-order valence-electron chi connectivity index (χ0n) is 19.9. The molecule has 3 rings (SSSR count). The van der Waals surface area contributed by atoms with Crippen molar-refractivity contribution < 1.29 is 14.0 Å². The van der Waals surface area contributed by atoms with Gasteiger partial charge in [-0.2, -0.15) is 0 Å². The Balaban J connectivity index is 1.82. The van der Waals surface area contributed by atoms with E-state index in [2.05, 4.69) is 64.2 Å². The highest BCUT2D eigenvalue weighted by Gasteiger charge is 2.50. The molecular weight excluding hydrogens is 402 g/mol. The molecule has 5 heteroatoms. The van der Waals surface area contributed by atoms with Crippen LogP contribution in [0.15, 0.2) is 53.6 Å². The third-order valence-electron chi connectivity index (χ3n) is 6.26. The Morgan fingerprint density at radius 3 is 2.42 bits per heavy atom. The standard InChI is InChI=1S/C26H37NO3Si/c1-20-27-26(19-29-20,23(24(2,3)4)30-31(5)6)17-16-25(18-28)14-12-22(13-15-25)21-10-8-7-9-11-21/h7-14,18,23,31H,15-17,19H2,1-6H3. The molecule has 3 atom stereocenters. The molecule has 0 aromatic heterocycles. The molecule has 0 fully saturated rings. The van der Waals surface area contributed by atoms with Gasteiger partial charge in [-0.3, -0.25) is 0 Å². The Morgan fingerprint density at radius 2 is 1.94 bits per heavy atom. The lowest BCUT2D eigenvalue weighted by Gasteiger charge is -2.44. The van der Waals surface area contributed by atoms with Crippen LogP contribution in [0.1, 0.15) is 52.5 Å². The monoisotopic (exact) mass is 439 g/mol. The van der Waals surface area contributed by atoms with Crippen molar-refractivity contribution in [2.75, 3.05) is 6.61 Å². The molecule has 0 radical (unpaired) electrons. The quantitative estimate of drug-likeness (QED) is 0.391. The van der Waals surface area contributed by atoms with E-state index in [4.69, 9.17) is 14.2 Å². The number of hydrogen-bond donors (Lipinski definition) is 0. The van der Waals surface area contributed by atoms with Crippen LogP contribution in [0.4, 0.5) is 0 Å². The van der Waals surface area contributed by atoms with E-state index in [0.29, 0.717) is 18.9 Å². The molecule has 168 valence electrons. The highest BCUT2D eigenvalue weighted by Crippen LogP contribution is 2.44. The Hall–Kier alpha value is -1.98. The number of aliphatic imine (C=N–C) groups is 1. The SMILES string of the molecule is CC1=NC(CCC2(C=O)C=CC(c3ccccc3)=CC2)(C(O[SiH](C)C)C(C)(C)C)CO1. The summed E-state index contributed by atoms with van der Waals surface area (Å²) in [6, 6.07) is 10.3. The lowest BCUT2D eigenvalue weighted by molar-refractivity contribution is -0.114. The zero-order valence-corrected chi connectivity index (χ0v) is 21.0. The molecule has 1 heterocycles. The van der Waals surface area contributed by atoms with E-state index in [0.717, 1.165) is 19.1 Å². The van der Waals surface area contributed by atoms with Crippen molar-refractivity contribution in [3.05, 3.63) is 54.1 Å². The number of nitrogens with zero attached hydrogens (tertiary/aromatic N) is 1. The Bertz CT molecular complexity index is 868. The molecule has 3 unspecified atom stereocenters. The second kappa shape index (κ2) is 9.25. The largest absolute Gasteiger partial charge is 0.479 e. The number of aldehydes is 1. The van der Waals surface area contributed by atoms with Crippen LogP contribution < -0.4 is 0 Å². The van der Waals surface area contributed by atoms with Crippen LogP contribution in [0.5, 0.6) is 0 Å². The van der Waals surface area contributed by atoms with Gasteiger partial charge >= 0.3 is 0 Å². The molecule has 0 saturated carbocycles. The van der Waals surface area contributed by atoms with Crippen LogP contribution in [0, 0.1) is 10.8 Å². The fourth-order valence-electron chi connectivity index (χ4n) is 4.73. The summed E-state index contributed by atoms with van der Waals surface area (Å²) >= 11 is 0. The first-order chi connectivity index (χ1) is 14.6. The minimum Gasteiger partial charge on any atom is -0.479 e. The molecule has 0 N–H and O–H groups in total. The minimum absolute atomic E-state index is 0.0455. The van der Waals surface area contributed by atoms with E-state index >= 15 is 0 Å². The van der Waals surface area contributed by atoms with E-state index < -0.39 is 20.0 Å². The number of carbonyl (C=O) groups excluding carboxylic acids is 1. The molecule has 1 aromatic carbocycles. The maximum atomic E-state index is 12.3. The van der Waals surface area contributed by atoms with Gasteiger partial charge in [0.1, 0.15) is 18.4 Å². The summed E-state index contributed by atoms with van der Waals surface area (Å²) in [7, 11) is -1.29. The number of benzene rings is 1. The first-order valence-corrected chi connectivity index (χ1v) is 14.1. The van der Waals surface area contributed by atoms with Gasteiger partial charge in [-0.15, -0.1) is 0 Å². The zero-order chi connectivity index (χ0) is 22.7. The summed E-state index contributed by atoms with van der Waals surface area (Å²) in [5.41, 5.74) is 1.32.